The van der Waals surface area contributed by atoms with Crippen LogP contribution in [-0.4, -0.2) is 25.2 Å². The second-order valence-electron chi connectivity index (χ2n) is 3.41. The molecule has 0 aliphatic carbocycles. The van der Waals surface area contributed by atoms with Crippen LogP contribution in [-0.2, 0) is 7.05 Å². The molecule has 0 saturated carbocycles. The highest BCUT2D eigenvalue weighted by atomic mass is 32.2. The summed E-state index contributed by atoms with van der Waals surface area (Å²) in [5.74, 6) is 0. The van der Waals surface area contributed by atoms with Crippen molar-refractivity contribution in [2.24, 2.45) is 12.8 Å². The second kappa shape index (κ2) is 4.58. The van der Waals surface area contributed by atoms with E-state index < -0.39 is 0 Å². The molecule has 1 atom stereocenters. The number of nitrogens with zero attached hydrogens (tertiary/aromatic N) is 5. The van der Waals surface area contributed by atoms with Gasteiger partial charge in [0.15, 0.2) is 0 Å². The number of aromatic nitrogens is 5. The van der Waals surface area contributed by atoms with E-state index in [9.17, 15) is 0 Å². The number of aryl methyl sites for hydroxylation is 1. The SMILES string of the molecule is CC(N)c1ccc(Sc2nnnn2C)nc1. The van der Waals surface area contributed by atoms with Gasteiger partial charge in [0, 0.05) is 19.3 Å². The van der Waals surface area contributed by atoms with Crippen molar-refractivity contribution in [3.63, 3.8) is 0 Å². The fourth-order valence-corrected chi connectivity index (χ4v) is 1.80. The van der Waals surface area contributed by atoms with Crippen LogP contribution < -0.4 is 5.73 Å². The van der Waals surface area contributed by atoms with Crippen molar-refractivity contribution in [3.05, 3.63) is 23.9 Å². The quantitative estimate of drug-likeness (QED) is 0.847. The highest BCUT2D eigenvalue weighted by Gasteiger charge is 2.06. The van der Waals surface area contributed by atoms with Gasteiger partial charge < -0.3 is 5.73 Å². The molecule has 0 fully saturated rings. The van der Waals surface area contributed by atoms with Gasteiger partial charge in [-0.3, -0.25) is 0 Å². The Labute approximate surface area is 97.2 Å². The number of rotatable bonds is 3. The molecule has 0 spiro atoms. The van der Waals surface area contributed by atoms with Crippen LogP contribution in [0.1, 0.15) is 18.5 Å². The molecule has 7 heteroatoms. The van der Waals surface area contributed by atoms with Crippen molar-refractivity contribution in [3.8, 4) is 0 Å². The lowest BCUT2D eigenvalue weighted by Gasteiger charge is -2.05. The van der Waals surface area contributed by atoms with Crippen LogP contribution in [0.4, 0.5) is 0 Å². The molecular weight excluding hydrogens is 224 g/mol. The fourth-order valence-electron chi connectivity index (χ4n) is 1.12. The molecular formula is C9H12N6S. The van der Waals surface area contributed by atoms with E-state index in [4.69, 9.17) is 5.73 Å². The Bertz CT molecular complexity index is 463. The summed E-state index contributed by atoms with van der Waals surface area (Å²) in [6.45, 7) is 1.93. The summed E-state index contributed by atoms with van der Waals surface area (Å²) < 4.78 is 1.60. The van der Waals surface area contributed by atoms with E-state index in [1.54, 1.807) is 17.9 Å². The van der Waals surface area contributed by atoms with Gasteiger partial charge in [-0.15, -0.1) is 5.10 Å². The molecule has 0 saturated heterocycles. The van der Waals surface area contributed by atoms with E-state index in [-0.39, 0.29) is 6.04 Å². The first kappa shape index (κ1) is 11.0. The van der Waals surface area contributed by atoms with Crippen molar-refractivity contribution < 1.29 is 0 Å². The van der Waals surface area contributed by atoms with Gasteiger partial charge in [0.05, 0.1) is 0 Å². The van der Waals surface area contributed by atoms with Crippen molar-refractivity contribution in [1.82, 2.24) is 25.2 Å². The van der Waals surface area contributed by atoms with Crippen LogP contribution >= 0.6 is 11.8 Å². The molecule has 0 amide bonds. The lowest BCUT2D eigenvalue weighted by atomic mass is 10.2. The van der Waals surface area contributed by atoms with Crippen molar-refractivity contribution in [1.29, 1.82) is 0 Å². The van der Waals surface area contributed by atoms with Crippen LogP contribution in [0.25, 0.3) is 0 Å². The molecule has 16 heavy (non-hydrogen) atoms. The predicted molar refractivity (Wildman–Crippen MR) is 59.8 cm³/mol. The van der Waals surface area contributed by atoms with E-state index in [2.05, 4.69) is 20.5 Å². The highest BCUT2D eigenvalue weighted by molar-refractivity contribution is 7.99. The summed E-state index contributed by atoms with van der Waals surface area (Å²) in [6.07, 6.45) is 1.77. The number of tetrazole rings is 1. The minimum absolute atomic E-state index is 0.00282. The average molecular weight is 236 g/mol. The first-order chi connectivity index (χ1) is 7.66. The van der Waals surface area contributed by atoms with E-state index in [0.717, 1.165) is 10.6 Å². The largest absolute Gasteiger partial charge is 0.324 e. The molecule has 2 N–H and O–H groups in total. The molecule has 6 nitrogen and oxygen atoms in total. The molecule has 1 unspecified atom stereocenters. The van der Waals surface area contributed by atoms with Crippen LogP contribution in [0, 0.1) is 0 Å². The lowest BCUT2D eigenvalue weighted by molar-refractivity contribution is 0.664. The average Bonchev–Trinajstić information content (AvgIpc) is 2.65. The van der Waals surface area contributed by atoms with Gasteiger partial charge in [0.1, 0.15) is 5.03 Å². The Balaban J connectivity index is 2.14. The van der Waals surface area contributed by atoms with Crippen LogP contribution in [0.2, 0.25) is 0 Å². The Morgan fingerprint density at radius 1 is 1.44 bits per heavy atom. The summed E-state index contributed by atoms with van der Waals surface area (Å²) in [6, 6.07) is 3.88. The normalized spacial score (nSPS) is 12.7. The first-order valence-corrected chi connectivity index (χ1v) is 5.60. The summed E-state index contributed by atoms with van der Waals surface area (Å²) in [5.41, 5.74) is 6.75. The Morgan fingerprint density at radius 3 is 2.75 bits per heavy atom. The second-order valence-corrected chi connectivity index (χ2v) is 4.39. The summed E-state index contributed by atoms with van der Waals surface area (Å²) in [5, 5.41) is 12.7. The number of hydrogen-bond acceptors (Lipinski definition) is 6. The highest BCUT2D eigenvalue weighted by Crippen LogP contribution is 2.23. The van der Waals surface area contributed by atoms with Gasteiger partial charge in [-0.1, -0.05) is 6.07 Å². The zero-order valence-electron chi connectivity index (χ0n) is 9.03. The summed E-state index contributed by atoms with van der Waals surface area (Å²) in [4.78, 5) is 4.29. The zero-order valence-corrected chi connectivity index (χ0v) is 9.85. The number of nitrogens with two attached hydrogens (primary N) is 1. The maximum atomic E-state index is 5.74. The molecule has 2 rings (SSSR count). The van der Waals surface area contributed by atoms with E-state index >= 15 is 0 Å². The van der Waals surface area contributed by atoms with Gasteiger partial charge in [0.25, 0.3) is 0 Å². The van der Waals surface area contributed by atoms with E-state index in [1.807, 2.05) is 19.1 Å². The van der Waals surface area contributed by atoms with Gasteiger partial charge in [-0.25, -0.2) is 9.67 Å². The smallest absolute Gasteiger partial charge is 0.215 e. The predicted octanol–water partition coefficient (Wildman–Crippen LogP) is 0.776. The van der Waals surface area contributed by atoms with Gasteiger partial charge in [-0.2, -0.15) is 0 Å². The third-order valence-electron chi connectivity index (χ3n) is 2.06. The molecule has 0 aliphatic rings. The molecule has 2 heterocycles. The molecule has 0 radical (unpaired) electrons. The van der Waals surface area contributed by atoms with Crippen LogP contribution in [0.15, 0.2) is 28.5 Å². The summed E-state index contributed by atoms with van der Waals surface area (Å²) in [7, 11) is 1.79. The monoisotopic (exact) mass is 236 g/mol. The zero-order chi connectivity index (χ0) is 11.5. The van der Waals surface area contributed by atoms with Gasteiger partial charge in [-0.05, 0) is 40.7 Å². The molecule has 0 aliphatic heterocycles. The molecule has 0 bridgehead atoms. The molecule has 2 aromatic rings. The van der Waals surface area contributed by atoms with Crippen LogP contribution in [0.3, 0.4) is 0 Å². The van der Waals surface area contributed by atoms with E-state index in [1.165, 1.54) is 11.8 Å². The maximum absolute atomic E-state index is 5.74. The Hall–Kier alpha value is -1.47. The first-order valence-electron chi connectivity index (χ1n) is 4.78. The fraction of sp³-hybridized carbons (Fsp3) is 0.333. The summed E-state index contributed by atoms with van der Waals surface area (Å²) >= 11 is 1.42. The van der Waals surface area contributed by atoms with Gasteiger partial charge >= 0.3 is 0 Å². The van der Waals surface area contributed by atoms with Crippen molar-refractivity contribution in [2.45, 2.75) is 23.1 Å². The lowest BCUT2D eigenvalue weighted by Crippen LogP contribution is -2.05. The van der Waals surface area contributed by atoms with Crippen molar-refractivity contribution in [2.75, 3.05) is 0 Å². The molecule has 2 aromatic heterocycles. The Kier molecular flexibility index (Phi) is 3.16. The Morgan fingerprint density at radius 2 is 2.25 bits per heavy atom. The third-order valence-corrected chi connectivity index (χ3v) is 3.04. The standard InChI is InChI=1S/C9H12N6S/c1-6(10)7-3-4-8(11-5-7)16-9-12-13-14-15(9)2/h3-6H,10H2,1-2H3. The van der Waals surface area contributed by atoms with Crippen LogP contribution in [0.5, 0.6) is 0 Å². The molecule has 0 aromatic carbocycles. The van der Waals surface area contributed by atoms with E-state index in [0.29, 0.717) is 5.16 Å². The minimum Gasteiger partial charge on any atom is -0.324 e. The molecule has 84 valence electrons. The van der Waals surface area contributed by atoms with Crippen molar-refractivity contribution >= 4 is 11.8 Å². The topological polar surface area (TPSA) is 82.5 Å². The number of hydrogen-bond donors (Lipinski definition) is 1. The number of pyridine rings is 1. The third kappa shape index (κ3) is 2.37. The maximum Gasteiger partial charge on any atom is 0.215 e. The van der Waals surface area contributed by atoms with Gasteiger partial charge in [0.2, 0.25) is 5.16 Å². The minimum atomic E-state index is 0.00282.